The molecule has 2 fully saturated rings. The summed E-state index contributed by atoms with van der Waals surface area (Å²) in [5, 5.41) is 0. The zero-order chi connectivity index (χ0) is 9.64. The van der Waals surface area contributed by atoms with E-state index in [1.807, 2.05) is 0 Å². The molecule has 1 saturated heterocycles. The minimum Gasteiger partial charge on any atom is -0.368 e. The molecule has 0 radical (unpaired) electrons. The van der Waals surface area contributed by atoms with Crippen molar-refractivity contribution >= 4 is 11.8 Å². The van der Waals surface area contributed by atoms with Gasteiger partial charge in [0.2, 0.25) is 11.8 Å². The summed E-state index contributed by atoms with van der Waals surface area (Å²) in [5.74, 6) is -0.283. The van der Waals surface area contributed by atoms with Crippen LogP contribution in [0.25, 0.3) is 0 Å². The quantitative estimate of drug-likeness (QED) is 0.654. The molecule has 2 rings (SSSR count). The van der Waals surface area contributed by atoms with Crippen molar-refractivity contribution in [3.8, 4) is 0 Å². The van der Waals surface area contributed by atoms with Gasteiger partial charge in [0.15, 0.2) is 0 Å². The van der Waals surface area contributed by atoms with Crippen LogP contribution >= 0.6 is 0 Å². The van der Waals surface area contributed by atoms with Crippen LogP contribution in [0.4, 0.5) is 0 Å². The lowest BCUT2D eigenvalue weighted by atomic mass is 9.98. The summed E-state index contributed by atoms with van der Waals surface area (Å²) in [7, 11) is 0. The van der Waals surface area contributed by atoms with Crippen molar-refractivity contribution in [3.63, 3.8) is 0 Å². The largest absolute Gasteiger partial charge is 0.368 e. The predicted molar refractivity (Wildman–Crippen MR) is 46.7 cm³/mol. The number of nitrogens with two attached hydrogens (primary N) is 1. The second kappa shape index (κ2) is 2.47. The molecule has 2 aliphatic rings. The highest BCUT2D eigenvalue weighted by Gasteiger charge is 2.51. The van der Waals surface area contributed by atoms with Gasteiger partial charge in [-0.3, -0.25) is 9.59 Å². The van der Waals surface area contributed by atoms with E-state index in [1.165, 1.54) is 0 Å². The van der Waals surface area contributed by atoms with Crippen LogP contribution in [0.5, 0.6) is 0 Å². The van der Waals surface area contributed by atoms with Gasteiger partial charge < -0.3 is 10.6 Å². The topological polar surface area (TPSA) is 63.4 Å². The lowest BCUT2D eigenvalue weighted by molar-refractivity contribution is -0.139. The number of likely N-dealkylation sites (tertiary alicyclic amines) is 1. The van der Waals surface area contributed by atoms with Crippen molar-refractivity contribution in [3.05, 3.63) is 0 Å². The smallest absolute Gasteiger partial charge is 0.243 e. The normalized spacial score (nSPS) is 33.9. The Labute approximate surface area is 77.1 Å². The first-order valence-electron chi connectivity index (χ1n) is 4.68. The molecule has 1 unspecified atom stereocenters. The lowest BCUT2D eigenvalue weighted by Crippen LogP contribution is -2.53. The van der Waals surface area contributed by atoms with Crippen LogP contribution in [0.15, 0.2) is 0 Å². The molecule has 72 valence electrons. The minimum absolute atomic E-state index is 0.0869. The van der Waals surface area contributed by atoms with Crippen LogP contribution in [0.2, 0.25) is 0 Å². The molecule has 0 aromatic carbocycles. The maximum absolute atomic E-state index is 11.5. The Hall–Kier alpha value is -1.06. The molecular weight excluding hydrogens is 168 g/mol. The molecule has 0 aromatic heterocycles. The molecule has 13 heavy (non-hydrogen) atoms. The fourth-order valence-electron chi connectivity index (χ4n) is 2.05. The Bertz CT molecular complexity index is 273. The number of carbonyl (C=O) groups excluding carboxylic acids is 2. The summed E-state index contributed by atoms with van der Waals surface area (Å²) >= 11 is 0. The third-order valence-corrected chi connectivity index (χ3v) is 3.07. The molecule has 0 spiro atoms. The van der Waals surface area contributed by atoms with Crippen molar-refractivity contribution in [2.75, 3.05) is 0 Å². The van der Waals surface area contributed by atoms with E-state index in [2.05, 4.69) is 0 Å². The summed E-state index contributed by atoms with van der Waals surface area (Å²) < 4.78 is 0. The third kappa shape index (κ3) is 1.12. The summed E-state index contributed by atoms with van der Waals surface area (Å²) in [5.41, 5.74) is 4.61. The first-order chi connectivity index (χ1) is 6.05. The Morgan fingerprint density at radius 2 is 2.23 bits per heavy atom. The second-order valence-corrected chi connectivity index (χ2v) is 4.13. The second-order valence-electron chi connectivity index (χ2n) is 4.13. The molecule has 0 aromatic rings. The molecule has 2 N–H and O–H groups in total. The van der Waals surface area contributed by atoms with Gasteiger partial charge in [-0.2, -0.15) is 0 Å². The molecule has 1 aliphatic carbocycles. The maximum atomic E-state index is 11.5. The first-order valence-corrected chi connectivity index (χ1v) is 4.68. The molecule has 1 heterocycles. The van der Waals surface area contributed by atoms with Gasteiger partial charge in [-0.05, 0) is 26.2 Å². The number of primary amides is 1. The van der Waals surface area contributed by atoms with Gasteiger partial charge in [0.05, 0.1) is 0 Å². The van der Waals surface area contributed by atoms with E-state index in [4.69, 9.17) is 5.73 Å². The molecule has 0 bridgehead atoms. The highest BCUT2D eigenvalue weighted by molar-refractivity contribution is 5.93. The average molecular weight is 182 g/mol. The highest BCUT2D eigenvalue weighted by Crippen LogP contribution is 2.39. The standard InChI is InChI=1S/C9H14N2O2/c1-9(8(10)13)5-4-7(12)11(9)6-2-3-6/h6H,2-5H2,1H3,(H2,10,13). The molecule has 4 nitrogen and oxygen atoms in total. The summed E-state index contributed by atoms with van der Waals surface area (Å²) in [6, 6.07) is 0.285. The summed E-state index contributed by atoms with van der Waals surface area (Å²) in [6.45, 7) is 1.78. The number of carbonyl (C=O) groups is 2. The van der Waals surface area contributed by atoms with E-state index >= 15 is 0 Å². The monoisotopic (exact) mass is 182 g/mol. The van der Waals surface area contributed by atoms with Gasteiger partial charge in [-0.1, -0.05) is 0 Å². The average Bonchev–Trinajstić information content (AvgIpc) is 2.81. The molecule has 1 aliphatic heterocycles. The number of nitrogens with zero attached hydrogens (tertiary/aromatic N) is 1. The third-order valence-electron chi connectivity index (χ3n) is 3.07. The Morgan fingerprint density at radius 3 is 2.69 bits per heavy atom. The van der Waals surface area contributed by atoms with Gasteiger partial charge in [-0.15, -0.1) is 0 Å². The van der Waals surface area contributed by atoms with E-state index in [0.29, 0.717) is 12.8 Å². The maximum Gasteiger partial charge on any atom is 0.243 e. The zero-order valence-electron chi connectivity index (χ0n) is 7.75. The summed E-state index contributed by atoms with van der Waals surface area (Å²) in [4.78, 5) is 24.4. The van der Waals surface area contributed by atoms with E-state index in [9.17, 15) is 9.59 Å². The molecule has 4 heteroatoms. The fourth-order valence-corrected chi connectivity index (χ4v) is 2.05. The lowest BCUT2D eigenvalue weighted by Gasteiger charge is -2.32. The Morgan fingerprint density at radius 1 is 1.62 bits per heavy atom. The van der Waals surface area contributed by atoms with Gasteiger partial charge in [0.1, 0.15) is 5.54 Å². The van der Waals surface area contributed by atoms with E-state index < -0.39 is 5.54 Å². The zero-order valence-corrected chi connectivity index (χ0v) is 7.75. The number of rotatable bonds is 2. The first kappa shape index (κ1) is 8.53. The number of hydrogen-bond donors (Lipinski definition) is 1. The van der Waals surface area contributed by atoms with Crippen molar-refractivity contribution in [2.24, 2.45) is 5.73 Å². The van der Waals surface area contributed by atoms with Gasteiger partial charge >= 0.3 is 0 Å². The van der Waals surface area contributed by atoms with E-state index in [-0.39, 0.29) is 17.9 Å². The molecule has 1 saturated carbocycles. The predicted octanol–water partition coefficient (Wildman–Crippen LogP) is 0.0152. The van der Waals surface area contributed by atoms with Crippen LogP contribution < -0.4 is 5.73 Å². The number of amides is 2. The Balaban J connectivity index is 2.27. The van der Waals surface area contributed by atoms with Gasteiger partial charge in [-0.25, -0.2) is 0 Å². The Kier molecular flexibility index (Phi) is 1.62. The van der Waals surface area contributed by atoms with Crippen molar-refractivity contribution < 1.29 is 9.59 Å². The fraction of sp³-hybridized carbons (Fsp3) is 0.778. The van der Waals surface area contributed by atoms with Crippen molar-refractivity contribution in [1.82, 2.24) is 4.90 Å². The summed E-state index contributed by atoms with van der Waals surface area (Å²) in [6.07, 6.45) is 3.09. The van der Waals surface area contributed by atoms with Crippen molar-refractivity contribution in [2.45, 2.75) is 44.2 Å². The minimum atomic E-state index is -0.710. The van der Waals surface area contributed by atoms with E-state index in [1.54, 1.807) is 11.8 Å². The van der Waals surface area contributed by atoms with Crippen LogP contribution in [0, 0.1) is 0 Å². The molecular formula is C9H14N2O2. The SMILES string of the molecule is CC1(C(N)=O)CCC(=O)N1C1CC1. The van der Waals surface area contributed by atoms with Crippen molar-refractivity contribution in [1.29, 1.82) is 0 Å². The highest BCUT2D eigenvalue weighted by atomic mass is 16.2. The van der Waals surface area contributed by atoms with Crippen LogP contribution in [-0.2, 0) is 9.59 Å². The van der Waals surface area contributed by atoms with Gasteiger partial charge in [0, 0.05) is 12.5 Å². The van der Waals surface area contributed by atoms with Gasteiger partial charge in [0.25, 0.3) is 0 Å². The van der Waals surface area contributed by atoms with Crippen LogP contribution in [-0.4, -0.2) is 28.3 Å². The van der Waals surface area contributed by atoms with E-state index in [0.717, 1.165) is 12.8 Å². The van der Waals surface area contributed by atoms with Crippen LogP contribution in [0.1, 0.15) is 32.6 Å². The molecule has 1 atom stereocenters. The number of hydrogen-bond acceptors (Lipinski definition) is 2. The van der Waals surface area contributed by atoms with Crippen LogP contribution in [0.3, 0.4) is 0 Å². The molecule has 2 amide bonds.